The lowest BCUT2D eigenvalue weighted by atomic mass is 10.3. The predicted molar refractivity (Wildman–Crippen MR) is 34.1 cm³/mol. The highest BCUT2D eigenvalue weighted by molar-refractivity contribution is 4.85. The molecule has 0 aromatic heterocycles. The first-order chi connectivity index (χ1) is 3.68. The van der Waals surface area contributed by atoms with Gasteiger partial charge in [-0.05, 0) is 26.7 Å². The van der Waals surface area contributed by atoms with E-state index in [-0.39, 0.29) is 6.04 Å². The summed E-state index contributed by atoms with van der Waals surface area (Å²) in [5.41, 5.74) is 0. The molecule has 0 aromatic rings. The molecule has 0 N–H and O–H groups in total. The maximum atomic E-state index is 6.47. The summed E-state index contributed by atoms with van der Waals surface area (Å²) in [7, 11) is 3.90. The van der Waals surface area contributed by atoms with Gasteiger partial charge in [0, 0.05) is 0 Å². The summed E-state index contributed by atoms with van der Waals surface area (Å²) in [6.07, 6.45) is 0. The number of hydrogen-bond donors (Lipinski definition) is 0. The second kappa shape index (κ2) is 3.34. The normalized spacial score (nSPS) is 12.9. The molecule has 0 rings (SSSR count). The van der Waals surface area contributed by atoms with Gasteiger partial charge in [-0.1, -0.05) is 6.92 Å². The Labute approximate surface area is 50.9 Å². The quantitative estimate of drug-likeness (QED) is 0.483. The molecular formula is C6H11N2-. The van der Waals surface area contributed by atoms with Crippen molar-refractivity contribution in [2.45, 2.75) is 13.0 Å². The van der Waals surface area contributed by atoms with Crippen molar-refractivity contribution in [2.75, 3.05) is 14.1 Å². The first-order valence-electron chi connectivity index (χ1n) is 2.55. The van der Waals surface area contributed by atoms with E-state index in [1.807, 2.05) is 25.9 Å². The van der Waals surface area contributed by atoms with Crippen LogP contribution in [0, 0.1) is 13.1 Å². The molecule has 0 heterocycles. The second-order valence-electron chi connectivity index (χ2n) is 1.98. The zero-order valence-corrected chi connectivity index (χ0v) is 5.55. The number of rotatable bonds is 2. The van der Waals surface area contributed by atoms with Gasteiger partial charge in [-0.25, -0.2) is 0 Å². The monoisotopic (exact) mass is 111 g/mol. The van der Waals surface area contributed by atoms with Crippen molar-refractivity contribution in [1.82, 2.24) is 4.90 Å². The van der Waals surface area contributed by atoms with Crippen molar-refractivity contribution in [3.05, 3.63) is 18.0 Å². The highest BCUT2D eigenvalue weighted by atomic mass is 15.1. The lowest BCUT2D eigenvalue weighted by Gasteiger charge is -2.20. The van der Waals surface area contributed by atoms with Gasteiger partial charge >= 0.3 is 0 Å². The van der Waals surface area contributed by atoms with E-state index in [2.05, 4.69) is 4.85 Å². The van der Waals surface area contributed by atoms with Gasteiger partial charge in [0.2, 0.25) is 0 Å². The van der Waals surface area contributed by atoms with Crippen LogP contribution < -0.4 is 0 Å². The Hall–Kier alpha value is -0.680. The molecule has 0 spiro atoms. The molecule has 0 aliphatic carbocycles. The fourth-order valence-electron chi connectivity index (χ4n) is 0.241. The molecule has 0 radical (unpaired) electrons. The molecule has 1 unspecified atom stereocenters. The first kappa shape index (κ1) is 7.32. The zero-order valence-electron chi connectivity index (χ0n) is 5.55. The maximum Gasteiger partial charge on any atom is -0.0158 e. The van der Waals surface area contributed by atoms with Gasteiger partial charge in [0.05, 0.1) is 0 Å². The van der Waals surface area contributed by atoms with Crippen LogP contribution in [0.2, 0.25) is 0 Å². The van der Waals surface area contributed by atoms with Gasteiger partial charge in [0.25, 0.3) is 0 Å². The van der Waals surface area contributed by atoms with Crippen LogP contribution in [0.25, 0.3) is 4.85 Å². The van der Waals surface area contributed by atoms with E-state index < -0.39 is 0 Å². The van der Waals surface area contributed by atoms with E-state index in [1.165, 1.54) is 0 Å². The molecule has 0 saturated heterocycles. The first-order valence-corrected chi connectivity index (χ1v) is 2.55. The molecule has 0 bridgehead atoms. The fourth-order valence-corrected chi connectivity index (χ4v) is 0.241. The Morgan fingerprint density at radius 1 is 1.62 bits per heavy atom. The highest BCUT2D eigenvalue weighted by Gasteiger charge is 1.94. The Kier molecular flexibility index (Phi) is 3.05. The standard InChI is InChI=1S/C6H11N2/c1-6(5-7-2)8(3)4/h5-6H,1,3-4H3/q-1. The number of nitrogens with zero attached hydrogens (tertiary/aromatic N) is 2. The van der Waals surface area contributed by atoms with Crippen LogP contribution in [0.3, 0.4) is 0 Å². The summed E-state index contributed by atoms with van der Waals surface area (Å²) in [6.45, 7) is 10.0. The van der Waals surface area contributed by atoms with Gasteiger partial charge in [-0.15, -0.1) is 0 Å². The molecule has 2 nitrogen and oxygen atoms in total. The minimum atomic E-state index is 0.271. The maximum absolute atomic E-state index is 6.47. The van der Waals surface area contributed by atoms with Gasteiger partial charge in [-0.2, -0.15) is 0 Å². The van der Waals surface area contributed by atoms with E-state index in [4.69, 9.17) is 6.57 Å². The van der Waals surface area contributed by atoms with Gasteiger partial charge in [0.15, 0.2) is 0 Å². The van der Waals surface area contributed by atoms with Crippen LogP contribution in [0.15, 0.2) is 0 Å². The molecule has 0 amide bonds. The average molecular weight is 111 g/mol. The molecule has 0 aliphatic heterocycles. The van der Waals surface area contributed by atoms with Gasteiger partial charge in [0.1, 0.15) is 0 Å². The fraction of sp³-hybridized carbons (Fsp3) is 0.667. The van der Waals surface area contributed by atoms with Crippen molar-refractivity contribution >= 4 is 0 Å². The summed E-state index contributed by atoms with van der Waals surface area (Å²) in [4.78, 5) is 5.12. The molecule has 0 saturated carbocycles. The van der Waals surface area contributed by atoms with Gasteiger partial charge < -0.3 is 9.74 Å². The molecule has 0 aliphatic rings. The highest BCUT2D eigenvalue weighted by Crippen LogP contribution is 1.95. The van der Waals surface area contributed by atoms with Crippen LogP contribution >= 0.6 is 0 Å². The average Bonchev–Trinajstić information content (AvgIpc) is 1.67. The molecule has 0 aromatic carbocycles. The minimum Gasteiger partial charge on any atom is -0.460 e. The lowest BCUT2D eigenvalue weighted by molar-refractivity contribution is 0.351. The van der Waals surface area contributed by atoms with Crippen LogP contribution in [-0.2, 0) is 0 Å². The van der Waals surface area contributed by atoms with Crippen molar-refractivity contribution in [3.63, 3.8) is 0 Å². The Morgan fingerprint density at radius 2 is 2.12 bits per heavy atom. The van der Waals surface area contributed by atoms with Crippen LogP contribution in [0.1, 0.15) is 6.92 Å². The smallest absolute Gasteiger partial charge is 0.0158 e. The third kappa shape index (κ3) is 2.49. The van der Waals surface area contributed by atoms with Gasteiger partial charge in [-0.3, -0.25) is 6.57 Å². The predicted octanol–water partition coefficient (Wildman–Crippen LogP) is 1.02. The third-order valence-corrected chi connectivity index (χ3v) is 1.10. The van der Waals surface area contributed by atoms with E-state index >= 15 is 0 Å². The van der Waals surface area contributed by atoms with Crippen molar-refractivity contribution in [3.8, 4) is 0 Å². The molecule has 1 atom stereocenters. The van der Waals surface area contributed by atoms with E-state index in [9.17, 15) is 0 Å². The Morgan fingerprint density at radius 3 is 2.25 bits per heavy atom. The van der Waals surface area contributed by atoms with Crippen molar-refractivity contribution < 1.29 is 0 Å². The van der Waals surface area contributed by atoms with E-state index in [0.717, 1.165) is 0 Å². The Balaban J connectivity index is 3.35. The summed E-state index contributed by atoms with van der Waals surface area (Å²) < 4.78 is 0. The van der Waals surface area contributed by atoms with Crippen molar-refractivity contribution in [2.24, 2.45) is 0 Å². The minimum absolute atomic E-state index is 0.271. The molecule has 2 heteroatoms. The summed E-state index contributed by atoms with van der Waals surface area (Å²) in [5, 5.41) is 0. The van der Waals surface area contributed by atoms with Crippen molar-refractivity contribution in [1.29, 1.82) is 0 Å². The number of likely N-dealkylation sites (N-methyl/N-ethyl adjacent to an activating group) is 1. The third-order valence-electron chi connectivity index (χ3n) is 1.10. The van der Waals surface area contributed by atoms with E-state index in [1.54, 1.807) is 6.54 Å². The molecule has 8 heavy (non-hydrogen) atoms. The SMILES string of the molecule is [C-]#[N+][CH-]C(C)N(C)C. The summed E-state index contributed by atoms with van der Waals surface area (Å²) in [5.74, 6) is 0. The Bertz CT molecular complexity index is 91.2. The largest absolute Gasteiger partial charge is 0.460 e. The summed E-state index contributed by atoms with van der Waals surface area (Å²) >= 11 is 0. The topological polar surface area (TPSA) is 7.60 Å². The zero-order chi connectivity index (χ0) is 6.57. The second-order valence-corrected chi connectivity index (χ2v) is 1.98. The lowest BCUT2D eigenvalue weighted by Crippen LogP contribution is -2.23. The van der Waals surface area contributed by atoms with Crippen LogP contribution in [-0.4, -0.2) is 25.0 Å². The molecular weight excluding hydrogens is 100 g/mol. The molecule has 46 valence electrons. The van der Waals surface area contributed by atoms with E-state index in [0.29, 0.717) is 0 Å². The van der Waals surface area contributed by atoms with Crippen LogP contribution in [0.4, 0.5) is 0 Å². The summed E-state index contributed by atoms with van der Waals surface area (Å²) in [6, 6.07) is 0.271. The number of hydrogen-bond acceptors (Lipinski definition) is 1. The van der Waals surface area contributed by atoms with Crippen LogP contribution in [0.5, 0.6) is 0 Å². The molecule has 0 fully saturated rings.